The third-order valence-electron chi connectivity index (χ3n) is 2.83. The molecule has 0 atom stereocenters. The van der Waals surface area contributed by atoms with Crippen LogP contribution < -0.4 is 16.2 Å². The Labute approximate surface area is 131 Å². The molecule has 0 fully saturated rings. The van der Waals surface area contributed by atoms with Crippen molar-refractivity contribution in [3.05, 3.63) is 53.6 Å². The molecule has 112 valence electrons. The lowest BCUT2D eigenvalue weighted by Gasteiger charge is -2.15. The molecule has 0 aliphatic heterocycles. The Bertz CT molecular complexity index is 565. The lowest BCUT2D eigenvalue weighted by molar-refractivity contribution is -0.117. The van der Waals surface area contributed by atoms with Gasteiger partial charge in [0.2, 0.25) is 0 Å². The van der Waals surface area contributed by atoms with Crippen LogP contribution in [-0.4, -0.2) is 11.0 Å². The van der Waals surface area contributed by atoms with Gasteiger partial charge in [-0.25, -0.2) is 0 Å². The first kappa shape index (κ1) is 16.9. The number of nitrogens with one attached hydrogen (secondary N) is 3. The number of hydrogen-bond acceptors (Lipinski definition) is 2. The molecule has 1 rings (SSSR count). The number of amides is 1. The molecule has 5 heteroatoms. The molecule has 21 heavy (non-hydrogen) atoms. The molecule has 0 aliphatic rings. The zero-order valence-electron chi connectivity index (χ0n) is 12.6. The third kappa shape index (κ3) is 5.79. The zero-order valence-corrected chi connectivity index (χ0v) is 13.4. The van der Waals surface area contributed by atoms with E-state index < -0.39 is 0 Å². The SMILES string of the molecule is C/C=C/C=C/C(=O)NNC(=S)Nc1c(C)cccc1CC. The number of carbonyl (C=O) groups is 1. The summed E-state index contributed by atoms with van der Waals surface area (Å²) >= 11 is 5.18. The largest absolute Gasteiger partial charge is 0.331 e. The van der Waals surface area contributed by atoms with Crippen LogP contribution >= 0.6 is 12.2 Å². The molecular weight excluding hydrogens is 282 g/mol. The van der Waals surface area contributed by atoms with Crippen molar-refractivity contribution in [1.82, 2.24) is 10.9 Å². The minimum atomic E-state index is -0.266. The molecule has 1 aromatic rings. The standard InChI is InChI=1S/C16H21N3OS/c1-4-6-7-11-14(20)18-19-16(21)17-15-12(3)9-8-10-13(15)5-2/h4,6-11H,5H2,1-3H3,(H,18,20)(H2,17,19,21)/b6-4+,11-7+. The molecule has 1 amide bonds. The highest BCUT2D eigenvalue weighted by Gasteiger charge is 2.06. The summed E-state index contributed by atoms with van der Waals surface area (Å²) in [6.07, 6.45) is 7.60. The van der Waals surface area contributed by atoms with Crippen LogP contribution in [0.5, 0.6) is 0 Å². The fraction of sp³-hybridized carbons (Fsp3) is 0.250. The molecule has 0 spiro atoms. The van der Waals surface area contributed by atoms with E-state index in [9.17, 15) is 4.79 Å². The molecule has 0 radical (unpaired) electrons. The van der Waals surface area contributed by atoms with Gasteiger partial charge in [0.25, 0.3) is 5.91 Å². The lowest BCUT2D eigenvalue weighted by Crippen LogP contribution is -2.43. The van der Waals surface area contributed by atoms with Crippen molar-refractivity contribution in [1.29, 1.82) is 0 Å². The Balaban J connectivity index is 2.57. The third-order valence-corrected chi connectivity index (χ3v) is 3.03. The number of hydrazine groups is 1. The fourth-order valence-electron chi connectivity index (χ4n) is 1.76. The van der Waals surface area contributed by atoms with Crippen LogP contribution in [0.1, 0.15) is 25.0 Å². The molecule has 0 unspecified atom stereocenters. The average molecular weight is 303 g/mol. The van der Waals surface area contributed by atoms with Crippen LogP contribution in [0.4, 0.5) is 5.69 Å². The topological polar surface area (TPSA) is 53.2 Å². The van der Waals surface area contributed by atoms with Crippen molar-refractivity contribution >= 4 is 28.9 Å². The van der Waals surface area contributed by atoms with E-state index >= 15 is 0 Å². The van der Waals surface area contributed by atoms with Gasteiger partial charge >= 0.3 is 0 Å². The van der Waals surface area contributed by atoms with E-state index in [2.05, 4.69) is 29.2 Å². The number of allylic oxidation sites excluding steroid dienone is 3. The summed E-state index contributed by atoms with van der Waals surface area (Å²) in [5.41, 5.74) is 8.46. The lowest BCUT2D eigenvalue weighted by atomic mass is 10.1. The van der Waals surface area contributed by atoms with Gasteiger partial charge in [0, 0.05) is 11.8 Å². The summed E-state index contributed by atoms with van der Waals surface area (Å²) in [6, 6.07) is 6.09. The maximum atomic E-state index is 11.5. The van der Waals surface area contributed by atoms with E-state index in [1.165, 1.54) is 11.6 Å². The maximum Gasteiger partial charge on any atom is 0.262 e. The normalized spacial score (nSPS) is 10.8. The number of hydrogen-bond donors (Lipinski definition) is 3. The van der Waals surface area contributed by atoms with Crippen molar-refractivity contribution in [2.24, 2.45) is 0 Å². The van der Waals surface area contributed by atoms with Crippen molar-refractivity contribution in [3.63, 3.8) is 0 Å². The summed E-state index contributed by atoms with van der Waals surface area (Å²) in [5, 5.41) is 3.47. The van der Waals surface area contributed by atoms with Gasteiger partial charge in [-0.2, -0.15) is 0 Å². The molecule has 0 saturated carbocycles. The Hall–Kier alpha value is -2.14. The van der Waals surface area contributed by atoms with Crippen molar-refractivity contribution < 1.29 is 4.79 Å². The van der Waals surface area contributed by atoms with Crippen LogP contribution in [0, 0.1) is 6.92 Å². The van der Waals surface area contributed by atoms with E-state index in [0.29, 0.717) is 5.11 Å². The van der Waals surface area contributed by atoms with Crippen molar-refractivity contribution in [2.75, 3.05) is 5.32 Å². The van der Waals surface area contributed by atoms with Gasteiger partial charge in [0.05, 0.1) is 0 Å². The van der Waals surface area contributed by atoms with Gasteiger partial charge < -0.3 is 5.32 Å². The minimum Gasteiger partial charge on any atom is -0.331 e. The van der Waals surface area contributed by atoms with E-state index in [-0.39, 0.29) is 5.91 Å². The highest BCUT2D eigenvalue weighted by Crippen LogP contribution is 2.20. The highest BCUT2D eigenvalue weighted by atomic mass is 32.1. The Morgan fingerprint density at radius 3 is 2.71 bits per heavy atom. The predicted octanol–water partition coefficient (Wildman–Crippen LogP) is 3.01. The van der Waals surface area contributed by atoms with Gasteiger partial charge in [-0.3, -0.25) is 15.6 Å². The van der Waals surface area contributed by atoms with Gasteiger partial charge in [-0.1, -0.05) is 43.4 Å². The molecule has 0 aromatic heterocycles. The number of rotatable bonds is 4. The Morgan fingerprint density at radius 1 is 1.29 bits per heavy atom. The first-order valence-electron chi connectivity index (χ1n) is 6.83. The molecule has 0 heterocycles. The van der Waals surface area contributed by atoms with Crippen LogP contribution in [0.25, 0.3) is 0 Å². The molecule has 0 bridgehead atoms. The van der Waals surface area contributed by atoms with Gasteiger partial charge in [-0.15, -0.1) is 0 Å². The van der Waals surface area contributed by atoms with E-state index in [4.69, 9.17) is 12.2 Å². The summed E-state index contributed by atoms with van der Waals surface area (Å²) in [4.78, 5) is 11.5. The van der Waals surface area contributed by atoms with Crippen molar-refractivity contribution in [2.45, 2.75) is 27.2 Å². The Morgan fingerprint density at radius 2 is 2.05 bits per heavy atom. The fourth-order valence-corrected chi connectivity index (χ4v) is 1.91. The zero-order chi connectivity index (χ0) is 15.7. The number of benzene rings is 1. The molecular formula is C16H21N3OS. The second-order valence-corrected chi connectivity index (χ2v) is 4.82. The van der Waals surface area contributed by atoms with Crippen molar-refractivity contribution in [3.8, 4) is 0 Å². The predicted molar refractivity (Wildman–Crippen MR) is 92.0 cm³/mol. The highest BCUT2D eigenvalue weighted by molar-refractivity contribution is 7.80. The number of aryl methyl sites for hydroxylation is 2. The summed E-state index contributed by atoms with van der Waals surface area (Å²) < 4.78 is 0. The van der Waals surface area contributed by atoms with Gasteiger partial charge in [-0.05, 0) is 43.6 Å². The summed E-state index contributed by atoms with van der Waals surface area (Å²) in [7, 11) is 0. The van der Waals surface area contributed by atoms with Gasteiger partial charge in [0.1, 0.15) is 0 Å². The number of anilines is 1. The van der Waals surface area contributed by atoms with E-state index in [1.807, 2.05) is 32.1 Å². The first-order valence-corrected chi connectivity index (χ1v) is 7.24. The number of thiocarbonyl (C=S) groups is 1. The smallest absolute Gasteiger partial charge is 0.262 e. The molecule has 3 N–H and O–H groups in total. The van der Waals surface area contributed by atoms with Crippen LogP contribution in [0.15, 0.2) is 42.5 Å². The van der Waals surface area contributed by atoms with Crippen LogP contribution in [-0.2, 0) is 11.2 Å². The molecule has 0 saturated heterocycles. The van der Waals surface area contributed by atoms with Gasteiger partial charge in [0.15, 0.2) is 5.11 Å². The minimum absolute atomic E-state index is 0.266. The molecule has 1 aromatic carbocycles. The quantitative estimate of drug-likeness (QED) is 0.346. The Kier molecular flexibility index (Phi) is 7.18. The molecule has 0 aliphatic carbocycles. The van der Waals surface area contributed by atoms with E-state index in [0.717, 1.165) is 17.7 Å². The second kappa shape index (κ2) is 8.92. The maximum absolute atomic E-state index is 11.5. The number of carbonyl (C=O) groups excluding carboxylic acids is 1. The number of para-hydroxylation sites is 1. The van der Waals surface area contributed by atoms with E-state index in [1.54, 1.807) is 12.2 Å². The monoisotopic (exact) mass is 303 g/mol. The second-order valence-electron chi connectivity index (χ2n) is 4.42. The summed E-state index contributed by atoms with van der Waals surface area (Å²) in [6.45, 7) is 5.99. The first-order chi connectivity index (χ1) is 10.1. The average Bonchev–Trinajstić information content (AvgIpc) is 2.47. The van der Waals surface area contributed by atoms with Crippen LogP contribution in [0.2, 0.25) is 0 Å². The molecule has 4 nitrogen and oxygen atoms in total. The summed E-state index contributed by atoms with van der Waals surface area (Å²) in [5.74, 6) is -0.266. The van der Waals surface area contributed by atoms with Crippen LogP contribution in [0.3, 0.4) is 0 Å².